The lowest BCUT2D eigenvalue weighted by atomic mass is 9.93. The van der Waals surface area contributed by atoms with Crippen LogP contribution in [0.2, 0.25) is 0 Å². The fourth-order valence-electron chi connectivity index (χ4n) is 1.52. The molecule has 0 aliphatic rings. The number of carbonyl (C=O) groups is 1. The molecule has 1 rings (SSSR count). The van der Waals surface area contributed by atoms with Crippen molar-refractivity contribution in [3.05, 3.63) is 29.8 Å². The molecule has 0 saturated carbocycles. The van der Waals surface area contributed by atoms with Gasteiger partial charge >= 0.3 is 0 Å². The molecule has 16 heavy (non-hydrogen) atoms. The highest BCUT2D eigenvalue weighted by atomic mass is 16.5. The van der Waals surface area contributed by atoms with E-state index >= 15 is 0 Å². The monoisotopic (exact) mass is 217 g/mol. The van der Waals surface area contributed by atoms with E-state index in [9.17, 15) is 4.79 Å². The number of nitrogens with zero attached hydrogens (tertiary/aromatic N) is 1. The van der Waals surface area contributed by atoms with Crippen LogP contribution in [0.15, 0.2) is 24.3 Å². The second kappa shape index (κ2) is 5.92. The van der Waals surface area contributed by atoms with Gasteiger partial charge in [-0.1, -0.05) is 6.92 Å². The summed E-state index contributed by atoms with van der Waals surface area (Å²) < 4.78 is 5.02. The molecule has 1 atom stereocenters. The van der Waals surface area contributed by atoms with E-state index in [2.05, 4.69) is 0 Å². The lowest BCUT2D eigenvalue weighted by molar-refractivity contribution is 0.0918. The first-order valence-electron chi connectivity index (χ1n) is 5.28. The summed E-state index contributed by atoms with van der Waals surface area (Å²) in [4.78, 5) is 12.0. The van der Waals surface area contributed by atoms with E-state index in [0.29, 0.717) is 12.0 Å². The van der Waals surface area contributed by atoms with Crippen LogP contribution in [-0.2, 0) is 0 Å². The fraction of sp³-hybridized carbons (Fsp3) is 0.385. The second-order valence-corrected chi connectivity index (χ2v) is 3.56. The molecule has 0 heterocycles. The van der Waals surface area contributed by atoms with Gasteiger partial charge in [-0.15, -0.1) is 0 Å². The number of ether oxygens (including phenoxy) is 1. The van der Waals surface area contributed by atoms with Crippen LogP contribution in [0, 0.1) is 17.2 Å². The summed E-state index contributed by atoms with van der Waals surface area (Å²) in [6.45, 7) is 1.92. The Morgan fingerprint density at radius 3 is 2.50 bits per heavy atom. The Hall–Kier alpha value is -1.82. The number of Topliss-reactive ketones (excluding diaryl/α,β-unsaturated/α-hetero) is 1. The Morgan fingerprint density at radius 2 is 2.06 bits per heavy atom. The zero-order chi connectivity index (χ0) is 12.0. The third-order valence-corrected chi connectivity index (χ3v) is 2.58. The number of carbonyl (C=O) groups excluding carboxylic acids is 1. The van der Waals surface area contributed by atoms with Gasteiger partial charge in [0.25, 0.3) is 0 Å². The predicted octanol–water partition coefficient (Wildman–Crippen LogP) is 2.82. The topological polar surface area (TPSA) is 50.1 Å². The first-order chi connectivity index (χ1) is 7.72. The average molecular weight is 217 g/mol. The number of methoxy groups -OCH3 is 1. The molecule has 0 aliphatic heterocycles. The van der Waals surface area contributed by atoms with Crippen molar-refractivity contribution in [3.8, 4) is 11.8 Å². The van der Waals surface area contributed by atoms with E-state index in [1.165, 1.54) is 0 Å². The third-order valence-electron chi connectivity index (χ3n) is 2.58. The van der Waals surface area contributed by atoms with Crippen LogP contribution in [0.3, 0.4) is 0 Å². The maximum atomic E-state index is 12.0. The molecular weight excluding hydrogens is 202 g/mol. The fourth-order valence-corrected chi connectivity index (χ4v) is 1.52. The van der Waals surface area contributed by atoms with Gasteiger partial charge in [0, 0.05) is 17.9 Å². The standard InChI is InChI=1S/C13H15NO2/c1-3-10(8-9-14)13(15)11-4-6-12(16-2)7-5-11/h4-7,10H,3,8H2,1-2H3. The quantitative estimate of drug-likeness (QED) is 0.712. The SMILES string of the molecule is CCC(CC#N)C(=O)c1ccc(OC)cc1. The number of hydrogen-bond acceptors (Lipinski definition) is 3. The molecule has 0 aliphatic carbocycles. The minimum Gasteiger partial charge on any atom is -0.497 e. The van der Waals surface area contributed by atoms with Gasteiger partial charge in [-0.2, -0.15) is 5.26 Å². The summed E-state index contributed by atoms with van der Waals surface area (Å²) in [6.07, 6.45) is 0.972. The van der Waals surface area contributed by atoms with E-state index in [1.54, 1.807) is 31.4 Å². The molecule has 0 radical (unpaired) electrons. The molecular formula is C13H15NO2. The van der Waals surface area contributed by atoms with Gasteiger partial charge in [-0.3, -0.25) is 4.79 Å². The van der Waals surface area contributed by atoms with Gasteiger partial charge in [0.15, 0.2) is 5.78 Å². The molecule has 0 saturated heterocycles. The van der Waals surface area contributed by atoms with Crippen LogP contribution in [0.5, 0.6) is 5.75 Å². The summed E-state index contributed by atoms with van der Waals surface area (Å²) in [6, 6.07) is 9.03. The minimum absolute atomic E-state index is 0.0340. The minimum atomic E-state index is -0.196. The lowest BCUT2D eigenvalue weighted by Gasteiger charge is -2.09. The molecule has 3 heteroatoms. The molecule has 0 N–H and O–H groups in total. The molecule has 0 aromatic heterocycles. The van der Waals surface area contributed by atoms with Gasteiger partial charge in [0.1, 0.15) is 5.75 Å². The van der Waals surface area contributed by atoms with Crippen LogP contribution in [0.1, 0.15) is 30.1 Å². The number of nitriles is 1. The van der Waals surface area contributed by atoms with Crippen molar-refractivity contribution >= 4 is 5.78 Å². The van der Waals surface area contributed by atoms with Gasteiger partial charge < -0.3 is 4.74 Å². The van der Waals surface area contributed by atoms with Crippen molar-refractivity contribution in [3.63, 3.8) is 0 Å². The smallest absolute Gasteiger partial charge is 0.166 e. The van der Waals surface area contributed by atoms with E-state index in [4.69, 9.17) is 10.00 Å². The van der Waals surface area contributed by atoms with Gasteiger partial charge in [-0.05, 0) is 30.7 Å². The first kappa shape index (κ1) is 12.3. The van der Waals surface area contributed by atoms with Crippen molar-refractivity contribution < 1.29 is 9.53 Å². The van der Waals surface area contributed by atoms with E-state index < -0.39 is 0 Å². The van der Waals surface area contributed by atoms with Gasteiger partial charge in [-0.25, -0.2) is 0 Å². The summed E-state index contributed by atoms with van der Waals surface area (Å²) in [5.74, 6) is 0.565. The Balaban J connectivity index is 2.83. The normalized spacial score (nSPS) is 11.6. The zero-order valence-corrected chi connectivity index (χ0v) is 9.56. The van der Waals surface area contributed by atoms with Crippen molar-refractivity contribution in [2.75, 3.05) is 7.11 Å². The number of benzene rings is 1. The number of hydrogen-bond donors (Lipinski definition) is 0. The van der Waals surface area contributed by atoms with Crippen LogP contribution in [0.4, 0.5) is 0 Å². The zero-order valence-electron chi connectivity index (χ0n) is 9.56. The van der Waals surface area contributed by atoms with Crippen LogP contribution in [0.25, 0.3) is 0 Å². The average Bonchev–Trinajstić information content (AvgIpc) is 2.35. The van der Waals surface area contributed by atoms with Crippen LogP contribution in [-0.4, -0.2) is 12.9 Å². The van der Waals surface area contributed by atoms with Crippen molar-refractivity contribution in [2.45, 2.75) is 19.8 Å². The highest BCUT2D eigenvalue weighted by molar-refractivity contribution is 5.98. The number of rotatable bonds is 5. The van der Waals surface area contributed by atoms with E-state index in [0.717, 1.165) is 5.75 Å². The molecule has 0 amide bonds. The summed E-state index contributed by atoms with van der Waals surface area (Å²) >= 11 is 0. The molecule has 1 aromatic rings. The van der Waals surface area contributed by atoms with Crippen molar-refractivity contribution in [1.29, 1.82) is 5.26 Å². The van der Waals surface area contributed by atoms with Gasteiger partial charge in [0.05, 0.1) is 13.2 Å². The summed E-state index contributed by atoms with van der Waals surface area (Å²) in [5.41, 5.74) is 0.642. The first-order valence-corrected chi connectivity index (χ1v) is 5.28. The Kier molecular flexibility index (Phi) is 4.53. The second-order valence-electron chi connectivity index (χ2n) is 3.56. The number of ketones is 1. The molecule has 0 fully saturated rings. The molecule has 0 bridgehead atoms. The maximum Gasteiger partial charge on any atom is 0.166 e. The highest BCUT2D eigenvalue weighted by Crippen LogP contribution is 2.18. The Labute approximate surface area is 95.7 Å². The molecule has 0 spiro atoms. The molecule has 3 nitrogen and oxygen atoms in total. The van der Waals surface area contributed by atoms with Gasteiger partial charge in [0.2, 0.25) is 0 Å². The highest BCUT2D eigenvalue weighted by Gasteiger charge is 2.17. The molecule has 1 aromatic carbocycles. The largest absolute Gasteiger partial charge is 0.497 e. The predicted molar refractivity (Wildman–Crippen MR) is 61.3 cm³/mol. The lowest BCUT2D eigenvalue weighted by Crippen LogP contribution is -2.13. The van der Waals surface area contributed by atoms with Crippen LogP contribution < -0.4 is 4.74 Å². The van der Waals surface area contributed by atoms with E-state index in [1.807, 2.05) is 13.0 Å². The molecule has 84 valence electrons. The summed E-state index contributed by atoms with van der Waals surface area (Å²) in [5, 5.41) is 8.62. The Bertz CT molecular complexity index is 389. The maximum absolute atomic E-state index is 12.0. The van der Waals surface area contributed by atoms with E-state index in [-0.39, 0.29) is 18.1 Å². The summed E-state index contributed by atoms with van der Waals surface area (Å²) in [7, 11) is 1.58. The van der Waals surface area contributed by atoms with Crippen molar-refractivity contribution in [1.82, 2.24) is 0 Å². The molecule has 1 unspecified atom stereocenters. The Morgan fingerprint density at radius 1 is 1.44 bits per heavy atom. The van der Waals surface area contributed by atoms with Crippen molar-refractivity contribution in [2.24, 2.45) is 5.92 Å². The van der Waals surface area contributed by atoms with Crippen LogP contribution >= 0.6 is 0 Å². The third kappa shape index (κ3) is 2.83.